The van der Waals surface area contributed by atoms with Crippen LogP contribution in [0.4, 0.5) is 10.5 Å². The number of nitro groups is 1. The van der Waals surface area contributed by atoms with Gasteiger partial charge in [0.2, 0.25) is 0 Å². The van der Waals surface area contributed by atoms with Crippen LogP contribution in [0.5, 0.6) is 0 Å². The van der Waals surface area contributed by atoms with E-state index < -0.39 is 28.0 Å². The molecule has 0 radical (unpaired) electrons. The van der Waals surface area contributed by atoms with Crippen LogP contribution < -0.4 is 0 Å². The van der Waals surface area contributed by atoms with Crippen LogP contribution >= 0.6 is 0 Å². The molecule has 0 aromatic heterocycles. The highest BCUT2D eigenvalue weighted by atomic mass is 16.6. The van der Waals surface area contributed by atoms with E-state index in [1.54, 1.807) is 45.9 Å². The first-order valence-electron chi connectivity index (χ1n) is 9.00. The number of nitro benzene ring substituents is 1. The van der Waals surface area contributed by atoms with Crippen LogP contribution in [-0.2, 0) is 19.7 Å². The van der Waals surface area contributed by atoms with E-state index in [0.29, 0.717) is 5.56 Å². The van der Waals surface area contributed by atoms with Gasteiger partial charge in [-0.15, -0.1) is 0 Å². The molecular weight excluding hydrogens is 352 g/mol. The summed E-state index contributed by atoms with van der Waals surface area (Å²) in [5.41, 5.74) is -1.56. The Morgan fingerprint density at radius 1 is 1.22 bits per heavy atom. The predicted molar refractivity (Wildman–Crippen MR) is 98.4 cm³/mol. The molecule has 0 unspecified atom stereocenters. The van der Waals surface area contributed by atoms with Crippen LogP contribution in [-0.4, -0.2) is 47.2 Å². The Kier molecular flexibility index (Phi) is 6.08. The number of carbonyl (C=O) groups excluding carboxylic acids is 2. The van der Waals surface area contributed by atoms with Gasteiger partial charge in [-0.1, -0.05) is 18.2 Å². The first kappa shape index (κ1) is 20.7. The number of nitrogens with zero attached hydrogens (tertiary/aromatic N) is 2. The van der Waals surface area contributed by atoms with Crippen LogP contribution in [0, 0.1) is 10.1 Å². The molecule has 27 heavy (non-hydrogen) atoms. The van der Waals surface area contributed by atoms with Gasteiger partial charge in [-0.2, -0.15) is 0 Å². The smallest absolute Gasteiger partial charge is 0.410 e. The zero-order valence-corrected chi connectivity index (χ0v) is 16.2. The lowest BCUT2D eigenvalue weighted by Crippen LogP contribution is -2.50. The summed E-state index contributed by atoms with van der Waals surface area (Å²) in [6, 6.07) is 6.22. The Hall–Kier alpha value is -2.64. The summed E-state index contributed by atoms with van der Waals surface area (Å²) in [7, 11) is 0. The molecule has 1 aliphatic rings. The van der Waals surface area contributed by atoms with Gasteiger partial charge in [0.25, 0.3) is 5.69 Å². The minimum Gasteiger partial charge on any atom is -0.465 e. The van der Waals surface area contributed by atoms with Gasteiger partial charge in [0.15, 0.2) is 0 Å². The molecule has 1 amide bonds. The van der Waals surface area contributed by atoms with Crippen LogP contribution in [0.1, 0.15) is 46.1 Å². The van der Waals surface area contributed by atoms with Crippen molar-refractivity contribution in [1.82, 2.24) is 4.90 Å². The van der Waals surface area contributed by atoms with E-state index in [2.05, 4.69) is 0 Å². The van der Waals surface area contributed by atoms with E-state index >= 15 is 0 Å². The monoisotopic (exact) mass is 378 g/mol. The molecule has 1 aromatic rings. The molecule has 1 aromatic carbocycles. The number of amides is 1. The molecule has 1 fully saturated rings. The standard InChI is InChI=1S/C19H26N2O6/c1-5-26-16(22)19(14-8-6-7-9-15(14)21(24)25)10-12-20(13-11-19)17(23)27-18(2,3)4/h6-9H,5,10-13H2,1-4H3. The van der Waals surface area contributed by atoms with Crippen molar-refractivity contribution in [3.63, 3.8) is 0 Å². The number of rotatable bonds is 4. The maximum Gasteiger partial charge on any atom is 0.410 e. The van der Waals surface area contributed by atoms with E-state index in [4.69, 9.17) is 9.47 Å². The van der Waals surface area contributed by atoms with E-state index in [1.165, 1.54) is 11.0 Å². The lowest BCUT2D eigenvalue weighted by molar-refractivity contribution is -0.386. The third-order valence-electron chi connectivity index (χ3n) is 4.55. The number of carbonyl (C=O) groups is 2. The van der Waals surface area contributed by atoms with Crippen molar-refractivity contribution in [2.45, 2.75) is 51.6 Å². The third kappa shape index (κ3) is 4.56. The summed E-state index contributed by atoms with van der Waals surface area (Å²) in [6.07, 6.45) is 0.00815. The molecule has 148 valence electrons. The van der Waals surface area contributed by atoms with Crippen molar-refractivity contribution in [3.8, 4) is 0 Å². The predicted octanol–water partition coefficient (Wildman–Crippen LogP) is 3.43. The molecule has 1 saturated heterocycles. The normalized spacial score (nSPS) is 16.5. The second-order valence-electron chi connectivity index (χ2n) is 7.54. The average Bonchev–Trinajstić information content (AvgIpc) is 2.60. The van der Waals surface area contributed by atoms with E-state index in [0.717, 1.165) is 0 Å². The SMILES string of the molecule is CCOC(=O)C1(c2ccccc2[N+](=O)[O-])CCN(C(=O)OC(C)(C)C)CC1. The van der Waals surface area contributed by atoms with Crippen LogP contribution in [0.15, 0.2) is 24.3 Å². The van der Waals surface area contributed by atoms with Crippen molar-refractivity contribution >= 4 is 17.7 Å². The van der Waals surface area contributed by atoms with Gasteiger partial charge in [-0.05, 0) is 40.5 Å². The molecule has 2 rings (SSSR count). The summed E-state index contributed by atoms with van der Waals surface area (Å²) >= 11 is 0. The van der Waals surface area contributed by atoms with Gasteiger partial charge < -0.3 is 14.4 Å². The molecule has 0 bridgehead atoms. The number of piperidine rings is 1. The topological polar surface area (TPSA) is 99.0 Å². The number of esters is 1. The Bertz CT molecular complexity index is 717. The molecule has 0 atom stereocenters. The number of ether oxygens (including phenoxy) is 2. The molecule has 0 aliphatic carbocycles. The van der Waals surface area contributed by atoms with Gasteiger partial charge >= 0.3 is 12.1 Å². The maximum absolute atomic E-state index is 12.8. The molecule has 0 N–H and O–H groups in total. The average molecular weight is 378 g/mol. The number of para-hydroxylation sites is 1. The first-order valence-corrected chi connectivity index (χ1v) is 9.00. The van der Waals surface area contributed by atoms with Crippen molar-refractivity contribution in [2.24, 2.45) is 0 Å². The van der Waals surface area contributed by atoms with Gasteiger partial charge in [0, 0.05) is 24.7 Å². The molecule has 8 nitrogen and oxygen atoms in total. The Morgan fingerprint density at radius 3 is 2.33 bits per heavy atom. The van der Waals surface area contributed by atoms with Gasteiger partial charge in [0.05, 0.1) is 11.5 Å². The second kappa shape index (κ2) is 7.94. The van der Waals surface area contributed by atoms with Gasteiger partial charge in [-0.3, -0.25) is 14.9 Å². The van der Waals surface area contributed by atoms with Gasteiger partial charge in [0.1, 0.15) is 11.0 Å². The molecular formula is C19H26N2O6. The fraction of sp³-hybridized carbons (Fsp3) is 0.579. The molecule has 1 heterocycles. The van der Waals surface area contributed by atoms with Crippen molar-refractivity contribution in [3.05, 3.63) is 39.9 Å². The Labute approximate surface area is 158 Å². The Morgan fingerprint density at radius 2 is 1.81 bits per heavy atom. The number of hydrogen-bond acceptors (Lipinski definition) is 6. The molecule has 1 aliphatic heterocycles. The lowest BCUT2D eigenvalue weighted by atomic mass is 9.72. The Balaban J connectivity index is 2.33. The largest absolute Gasteiger partial charge is 0.465 e. The molecule has 0 spiro atoms. The van der Waals surface area contributed by atoms with Crippen molar-refractivity contribution in [1.29, 1.82) is 0 Å². The minimum absolute atomic E-state index is 0.115. The molecule has 0 saturated carbocycles. The third-order valence-corrected chi connectivity index (χ3v) is 4.55. The number of benzene rings is 1. The first-order chi connectivity index (χ1) is 12.6. The highest BCUT2D eigenvalue weighted by Gasteiger charge is 2.48. The summed E-state index contributed by atoms with van der Waals surface area (Å²) in [5.74, 6) is -0.497. The van der Waals surface area contributed by atoms with Gasteiger partial charge in [-0.25, -0.2) is 4.79 Å². The van der Waals surface area contributed by atoms with E-state index in [-0.39, 0.29) is 38.2 Å². The second-order valence-corrected chi connectivity index (χ2v) is 7.54. The quantitative estimate of drug-likeness (QED) is 0.452. The van der Waals surface area contributed by atoms with Crippen molar-refractivity contribution < 1.29 is 24.0 Å². The zero-order valence-electron chi connectivity index (χ0n) is 16.2. The van der Waals surface area contributed by atoms with Crippen LogP contribution in [0.3, 0.4) is 0 Å². The fourth-order valence-electron chi connectivity index (χ4n) is 3.29. The number of likely N-dealkylation sites (tertiary alicyclic amines) is 1. The maximum atomic E-state index is 12.8. The number of hydrogen-bond donors (Lipinski definition) is 0. The lowest BCUT2D eigenvalue weighted by Gasteiger charge is -2.40. The molecule has 8 heteroatoms. The summed E-state index contributed by atoms with van der Waals surface area (Å²) < 4.78 is 10.6. The van der Waals surface area contributed by atoms with Crippen LogP contribution in [0.25, 0.3) is 0 Å². The summed E-state index contributed by atoms with van der Waals surface area (Å²) in [6.45, 7) is 7.72. The summed E-state index contributed by atoms with van der Waals surface area (Å²) in [5, 5.41) is 11.5. The fourth-order valence-corrected chi connectivity index (χ4v) is 3.29. The zero-order chi connectivity index (χ0) is 20.2. The van der Waals surface area contributed by atoms with Crippen molar-refractivity contribution in [2.75, 3.05) is 19.7 Å². The minimum atomic E-state index is -1.15. The highest BCUT2D eigenvalue weighted by molar-refractivity contribution is 5.85. The summed E-state index contributed by atoms with van der Waals surface area (Å²) in [4.78, 5) is 37.7. The van der Waals surface area contributed by atoms with E-state index in [9.17, 15) is 19.7 Å². The highest BCUT2D eigenvalue weighted by Crippen LogP contribution is 2.41. The van der Waals surface area contributed by atoms with E-state index in [1.807, 2.05) is 0 Å². The van der Waals surface area contributed by atoms with Crippen LogP contribution in [0.2, 0.25) is 0 Å².